The molecule has 0 radical (unpaired) electrons. The third-order valence-electron chi connectivity index (χ3n) is 2.98. The van der Waals surface area contributed by atoms with Crippen molar-refractivity contribution < 1.29 is 23.2 Å². The summed E-state index contributed by atoms with van der Waals surface area (Å²) in [5, 5.41) is 20.3. The van der Waals surface area contributed by atoms with E-state index in [1.807, 2.05) is 0 Å². The van der Waals surface area contributed by atoms with Gasteiger partial charge in [-0.15, -0.1) is 13.2 Å². The molecule has 8 nitrogen and oxygen atoms in total. The van der Waals surface area contributed by atoms with E-state index in [0.717, 1.165) is 12.1 Å². The van der Waals surface area contributed by atoms with Crippen molar-refractivity contribution in [3.05, 3.63) is 59.7 Å². The smallest absolute Gasteiger partial charge is 0.322 e. The van der Waals surface area contributed by atoms with Crippen LogP contribution in [-0.4, -0.2) is 41.3 Å². The zero-order valence-electron chi connectivity index (χ0n) is 12.2. The van der Waals surface area contributed by atoms with Gasteiger partial charge in [-0.1, -0.05) is 24.3 Å². The molecule has 0 bridgehead atoms. The molecule has 0 aliphatic carbocycles. The summed E-state index contributed by atoms with van der Waals surface area (Å²) in [7, 11) is -4.41. The zero-order chi connectivity index (χ0) is 17.6. The largest absolute Gasteiger partial charge is 0.480 e. The predicted octanol–water partition coefficient (Wildman–Crippen LogP) is 1.80. The number of carboxylic acid groups (broad SMARTS) is 1. The number of sulfonamides is 1. The summed E-state index contributed by atoms with van der Waals surface area (Å²) in [5.74, 6) is -1.38. The predicted molar refractivity (Wildman–Crippen MR) is 83.4 cm³/mol. The van der Waals surface area contributed by atoms with E-state index in [0.29, 0.717) is 4.31 Å². The molecule has 1 aromatic carbocycles. The summed E-state index contributed by atoms with van der Waals surface area (Å²) < 4.78 is 26.1. The fourth-order valence-electron chi connectivity index (χ4n) is 1.97. The molecular formula is C14H16N2O6S. The molecule has 0 spiro atoms. The van der Waals surface area contributed by atoms with Gasteiger partial charge in [0.2, 0.25) is 0 Å². The highest BCUT2D eigenvalue weighted by Gasteiger charge is 2.37. The SMILES string of the molecule is C=CCC(C(=O)O)N(CC=C)S(=O)(=O)c1ccccc1[N+](=O)[O-]. The van der Waals surface area contributed by atoms with Crippen LogP contribution in [-0.2, 0) is 14.8 Å². The van der Waals surface area contributed by atoms with Gasteiger partial charge in [0.25, 0.3) is 15.7 Å². The Balaban J connectivity index is 3.52. The number of carbonyl (C=O) groups is 1. The van der Waals surface area contributed by atoms with E-state index in [-0.39, 0.29) is 13.0 Å². The van der Waals surface area contributed by atoms with Crippen LogP contribution in [0.15, 0.2) is 54.5 Å². The second-order valence-electron chi connectivity index (χ2n) is 4.47. The molecule has 1 N–H and O–H groups in total. The summed E-state index contributed by atoms with van der Waals surface area (Å²) in [6.07, 6.45) is 2.33. The van der Waals surface area contributed by atoms with Gasteiger partial charge in [-0.05, 0) is 12.5 Å². The topological polar surface area (TPSA) is 118 Å². The molecule has 9 heteroatoms. The Morgan fingerprint density at radius 1 is 1.35 bits per heavy atom. The lowest BCUT2D eigenvalue weighted by Crippen LogP contribution is -2.45. The number of nitro groups is 1. The Labute approximate surface area is 133 Å². The Kier molecular flexibility index (Phi) is 6.17. The van der Waals surface area contributed by atoms with E-state index in [4.69, 9.17) is 0 Å². The average molecular weight is 340 g/mol. The maximum Gasteiger partial charge on any atom is 0.322 e. The van der Waals surface area contributed by atoms with Crippen LogP contribution in [0.5, 0.6) is 0 Å². The number of nitrogens with zero attached hydrogens (tertiary/aromatic N) is 2. The third kappa shape index (κ3) is 4.02. The number of hydrogen-bond donors (Lipinski definition) is 1. The van der Waals surface area contributed by atoms with Crippen molar-refractivity contribution in [2.24, 2.45) is 0 Å². The molecule has 1 aromatic rings. The lowest BCUT2D eigenvalue weighted by atomic mass is 10.2. The molecule has 0 saturated carbocycles. The van der Waals surface area contributed by atoms with E-state index in [1.165, 1.54) is 24.3 Å². The van der Waals surface area contributed by atoms with Gasteiger partial charge in [0.1, 0.15) is 6.04 Å². The number of carboxylic acids is 1. The van der Waals surface area contributed by atoms with Crippen molar-refractivity contribution >= 4 is 21.7 Å². The fourth-order valence-corrected chi connectivity index (χ4v) is 3.69. The molecule has 0 aliphatic rings. The van der Waals surface area contributed by atoms with Gasteiger partial charge in [-0.3, -0.25) is 14.9 Å². The molecule has 0 aliphatic heterocycles. The summed E-state index contributed by atoms with van der Waals surface area (Å²) >= 11 is 0. The van der Waals surface area contributed by atoms with E-state index < -0.39 is 37.5 Å². The molecule has 0 amide bonds. The first-order valence-corrected chi connectivity index (χ1v) is 7.91. The highest BCUT2D eigenvalue weighted by Crippen LogP contribution is 2.28. The van der Waals surface area contributed by atoms with Crippen LogP contribution in [0.3, 0.4) is 0 Å². The van der Waals surface area contributed by atoms with E-state index in [1.54, 1.807) is 0 Å². The molecule has 1 atom stereocenters. The third-order valence-corrected chi connectivity index (χ3v) is 4.90. The molecule has 1 rings (SSSR count). The molecule has 0 heterocycles. The number of hydrogen-bond acceptors (Lipinski definition) is 5. The van der Waals surface area contributed by atoms with Gasteiger partial charge >= 0.3 is 5.97 Å². The molecule has 23 heavy (non-hydrogen) atoms. The van der Waals surface area contributed by atoms with Gasteiger partial charge in [0.15, 0.2) is 4.90 Å². The summed E-state index contributed by atoms with van der Waals surface area (Å²) in [6, 6.07) is 3.33. The Bertz CT molecular complexity index is 729. The quantitative estimate of drug-likeness (QED) is 0.416. The first-order valence-electron chi connectivity index (χ1n) is 6.47. The maximum absolute atomic E-state index is 12.7. The van der Waals surface area contributed by atoms with Gasteiger partial charge in [-0.25, -0.2) is 8.42 Å². The van der Waals surface area contributed by atoms with Gasteiger partial charge < -0.3 is 5.11 Å². The zero-order valence-corrected chi connectivity index (χ0v) is 13.0. The van der Waals surface area contributed by atoms with Crippen molar-refractivity contribution in [1.29, 1.82) is 0 Å². The first kappa shape index (κ1) is 18.5. The van der Waals surface area contributed by atoms with E-state index in [9.17, 15) is 28.4 Å². The van der Waals surface area contributed by atoms with Crippen LogP contribution < -0.4 is 0 Å². The number of rotatable bonds is 9. The van der Waals surface area contributed by atoms with Crippen LogP contribution in [0, 0.1) is 10.1 Å². The molecule has 0 fully saturated rings. The standard InChI is InChI=1S/C14H16N2O6S/c1-3-7-12(14(17)18)15(10-4-2)23(21,22)13-9-6-5-8-11(13)16(19)20/h3-6,8-9,12H,1-2,7,10H2,(H,17,18). The fraction of sp³-hybridized carbons (Fsp3) is 0.214. The van der Waals surface area contributed by atoms with Crippen molar-refractivity contribution in [2.45, 2.75) is 17.4 Å². The monoisotopic (exact) mass is 340 g/mol. The lowest BCUT2D eigenvalue weighted by molar-refractivity contribution is -0.387. The summed E-state index contributed by atoms with van der Waals surface area (Å²) in [6.45, 7) is 6.51. The molecule has 0 saturated heterocycles. The van der Waals surface area contributed by atoms with Crippen molar-refractivity contribution in [1.82, 2.24) is 4.31 Å². The number of benzene rings is 1. The van der Waals surface area contributed by atoms with Crippen LogP contribution in [0.1, 0.15) is 6.42 Å². The summed E-state index contributed by atoms with van der Waals surface area (Å²) in [5.41, 5.74) is -0.621. The molecule has 1 unspecified atom stereocenters. The summed E-state index contributed by atoms with van der Waals surface area (Å²) in [4.78, 5) is 21.0. The minimum atomic E-state index is -4.41. The van der Waals surface area contributed by atoms with Crippen LogP contribution in [0.2, 0.25) is 0 Å². The molecule has 0 aromatic heterocycles. The Morgan fingerprint density at radius 2 is 1.96 bits per heavy atom. The molecule has 124 valence electrons. The normalized spacial score (nSPS) is 12.6. The highest BCUT2D eigenvalue weighted by molar-refractivity contribution is 7.89. The Hall–Kier alpha value is -2.52. The Morgan fingerprint density at radius 3 is 2.43 bits per heavy atom. The van der Waals surface area contributed by atoms with E-state index >= 15 is 0 Å². The molecular weight excluding hydrogens is 324 g/mol. The van der Waals surface area contributed by atoms with Gasteiger partial charge in [-0.2, -0.15) is 4.31 Å². The second-order valence-corrected chi connectivity index (χ2v) is 6.33. The van der Waals surface area contributed by atoms with Crippen molar-refractivity contribution in [2.75, 3.05) is 6.54 Å². The van der Waals surface area contributed by atoms with Crippen molar-refractivity contribution in [3.8, 4) is 0 Å². The first-order chi connectivity index (χ1) is 10.8. The minimum Gasteiger partial charge on any atom is -0.480 e. The second kappa shape index (κ2) is 7.65. The van der Waals surface area contributed by atoms with Gasteiger partial charge in [0.05, 0.1) is 4.92 Å². The van der Waals surface area contributed by atoms with Gasteiger partial charge in [0, 0.05) is 12.6 Å². The van der Waals surface area contributed by atoms with Crippen LogP contribution in [0.25, 0.3) is 0 Å². The minimum absolute atomic E-state index is 0.150. The number of nitro benzene ring substituents is 1. The van der Waals surface area contributed by atoms with Crippen LogP contribution in [0.4, 0.5) is 5.69 Å². The van der Waals surface area contributed by atoms with Crippen molar-refractivity contribution in [3.63, 3.8) is 0 Å². The van der Waals surface area contributed by atoms with Crippen LogP contribution >= 0.6 is 0 Å². The highest BCUT2D eigenvalue weighted by atomic mass is 32.2. The maximum atomic E-state index is 12.7. The number of para-hydroxylation sites is 1. The lowest BCUT2D eigenvalue weighted by Gasteiger charge is -2.26. The number of aliphatic carboxylic acids is 1. The van der Waals surface area contributed by atoms with E-state index in [2.05, 4.69) is 13.2 Å². The average Bonchev–Trinajstić information content (AvgIpc) is 2.50.